The first-order valence-corrected chi connectivity index (χ1v) is 12.6. The van der Waals surface area contributed by atoms with Gasteiger partial charge >= 0.3 is 5.97 Å². The van der Waals surface area contributed by atoms with Crippen molar-refractivity contribution >= 4 is 5.97 Å². The molecule has 178 valence electrons. The molecule has 1 saturated carbocycles. The van der Waals surface area contributed by atoms with Crippen molar-refractivity contribution in [1.82, 2.24) is 9.97 Å². The molecular weight excluding hydrogens is 414 g/mol. The third-order valence-corrected chi connectivity index (χ3v) is 7.69. The van der Waals surface area contributed by atoms with Crippen molar-refractivity contribution in [3.63, 3.8) is 0 Å². The zero-order valence-electron chi connectivity index (χ0n) is 19.9. The van der Waals surface area contributed by atoms with Crippen LogP contribution in [0, 0.1) is 5.92 Å². The molecule has 1 N–H and O–H groups in total. The minimum atomic E-state index is -1.55. The number of aromatic nitrogens is 2. The lowest BCUT2D eigenvalue weighted by Gasteiger charge is -2.42. The number of quaternary nitrogens is 1. The summed E-state index contributed by atoms with van der Waals surface area (Å²) < 4.78 is 6.99. The third-order valence-electron chi connectivity index (χ3n) is 7.69. The van der Waals surface area contributed by atoms with E-state index in [1.807, 2.05) is 36.4 Å². The van der Waals surface area contributed by atoms with E-state index in [2.05, 4.69) is 17.0 Å². The van der Waals surface area contributed by atoms with Crippen LogP contribution in [0.3, 0.4) is 0 Å². The Hall–Kier alpha value is -2.31. The van der Waals surface area contributed by atoms with Crippen molar-refractivity contribution < 1.29 is 19.1 Å². The van der Waals surface area contributed by atoms with E-state index >= 15 is 0 Å². The lowest BCUT2D eigenvalue weighted by atomic mass is 9.73. The molecule has 2 fully saturated rings. The molecule has 0 spiro atoms. The number of carbonyl (C=O) groups is 1. The smallest absolute Gasteiger partial charge is 0.343 e. The largest absolute Gasteiger partial charge is 0.460 e. The summed E-state index contributed by atoms with van der Waals surface area (Å²) in [4.78, 5) is 22.1. The summed E-state index contributed by atoms with van der Waals surface area (Å²) in [5.74, 6) is 0.366. The second kappa shape index (κ2) is 10.7. The number of aryl methyl sites for hydroxylation is 1. The second-order valence-corrected chi connectivity index (χ2v) is 10.1. The van der Waals surface area contributed by atoms with Crippen molar-refractivity contribution in [2.45, 2.75) is 69.5 Å². The van der Waals surface area contributed by atoms with Gasteiger partial charge in [-0.25, -0.2) is 14.8 Å². The number of ether oxygens (including phenoxy) is 1. The van der Waals surface area contributed by atoms with Crippen LogP contribution in [-0.2, 0) is 21.6 Å². The first-order chi connectivity index (χ1) is 16.0. The number of carbonyl (C=O) groups excluding carboxylic acids is 1. The molecule has 4 rings (SSSR count). The first-order valence-electron chi connectivity index (χ1n) is 12.6. The van der Waals surface area contributed by atoms with E-state index in [1.165, 1.54) is 6.42 Å². The Morgan fingerprint density at radius 1 is 1.03 bits per heavy atom. The van der Waals surface area contributed by atoms with Gasteiger partial charge in [-0.2, -0.15) is 0 Å². The van der Waals surface area contributed by atoms with Crippen LogP contribution in [0.2, 0.25) is 0 Å². The van der Waals surface area contributed by atoms with E-state index < -0.39 is 11.6 Å². The molecule has 2 aromatic rings. The van der Waals surface area contributed by atoms with Crippen LogP contribution in [0.1, 0.15) is 62.8 Å². The SMILES string of the molecule is C[N+]1(CCCc2ncccn2)CCC(OC(=O)C(O)(c2ccccc2)C2CCCCC2)CC1. The summed E-state index contributed by atoms with van der Waals surface area (Å²) >= 11 is 0. The predicted molar refractivity (Wildman–Crippen MR) is 127 cm³/mol. The number of piperidine rings is 1. The van der Waals surface area contributed by atoms with Crippen LogP contribution in [0.15, 0.2) is 48.8 Å². The van der Waals surface area contributed by atoms with Crippen molar-refractivity contribution in [2.75, 3.05) is 26.7 Å². The standard InChI is InChI=1S/C27H38N3O3/c1-30(19-8-14-25-28-17-9-18-29-25)20-15-24(16-21-30)33-26(31)27(32,22-10-4-2-5-11-22)23-12-6-3-7-13-23/h2,4-5,9-11,17-18,23-24,32H,3,6-8,12-16,19-21H2,1H3/q+1. The Kier molecular flexibility index (Phi) is 7.76. The lowest BCUT2D eigenvalue weighted by Crippen LogP contribution is -2.53. The number of likely N-dealkylation sites (tertiary alicyclic amines) is 1. The quantitative estimate of drug-likeness (QED) is 0.484. The molecule has 1 aromatic carbocycles. The topological polar surface area (TPSA) is 72.3 Å². The van der Waals surface area contributed by atoms with Gasteiger partial charge in [0.25, 0.3) is 0 Å². The monoisotopic (exact) mass is 452 g/mol. The van der Waals surface area contributed by atoms with Gasteiger partial charge in [0.15, 0.2) is 5.60 Å². The van der Waals surface area contributed by atoms with Crippen molar-refractivity contribution in [3.8, 4) is 0 Å². The Balaban J connectivity index is 1.34. The van der Waals surface area contributed by atoms with Gasteiger partial charge < -0.3 is 14.3 Å². The average Bonchev–Trinajstić information content (AvgIpc) is 2.87. The zero-order valence-corrected chi connectivity index (χ0v) is 19.9. The molecule has 0 amide bonds. The van der Waals surface area contributed by atoms with Gasteiger partial charge in [0.1, 0.15) is 11.9 Å². The molecule has 2 aliphatic rings. The highest BCUT2D eigenvalue weighted by Gasteiger charge is 2.48. The molecule has 1 aliphatic heterocycles. The highest BCUT2D eigenvalue weighted by molar-refractivity contribution is 5.81. The van der Waals surface area contributed by atoms with Crippen LogP contribution < -0.4 is 0 Å². The number of rotatable bonds is 8. The molecule has 6 nitrogen and oxygen atoms in total. The molecule has 1 unspecified atom stereocenters. The maximum atomic E-state index is 13.4. The molecule has 6 heteroatoms. The number of esters is 1. The highest BCUT2D eigenvalue weighted by atomic mass is 16.6. The minimum Gasteiger partial charge on any atom is -0.460 e. The highest BCUT2D eigenvalue weighted by Crippen LogP contribution is 2.41. The molecule has 1 saturated heterocycles. The molecule has 1 atom stereocenters. The number of aliphatic hydroxyl groups is 1. The maximum Gasteiger partial charge on any atom is 0.343 e. The van der Waals surface area contributed by atoms with Crippen molar-refractivity contribution in [3.05, 3.63) is 60.2 Å². The van der Waals surface area contributed by atoms with E-state index in [0.29, 0.717) is 5.56 Å². The molecule has 0 bridgehead atoms. The third kappa shape index (κ3) is 5.79. The van der Waals surface area contributed by atoms with Crippen LogP contribution in [0.5, 0.6) is 0 Å². The van der Waals surface area contributed by atoms with Gasteiger partial charge in [0.05, 0.1) is 26.7 Å². The van der Waals surface area contributed by atoms with E-state index in [-0.39, 0.29) is 12.0 Å². The normalized spacial score (nSPS) is 25.8. The minimum absolute atomic E-state index is 0.0778. The fourth-order valence-electron chi connectivity index (χ4n) is 5.56. The zero-order chi connectivity index (χ0) is 23.2. The Morgan fingerprint density at radius 3 is 2.36 bits per heavy atom. The van der Waals surface area contributed by atoms with Crippen molar-refractivity contribution in [1.29, 1.82) is 0 Å². The number of hydrogen-bond donors (Lipinski definition) is 1. The van der Waals surface area contributed by atoms with E-state index in [1.54, 1.807) is 12.4 Å². The summed E-state index contributed by atoms with van der Waals surface area (Å²) in [7, 11) is 2.28. The van der Waals surface area contributed by atoms with Gasteiger partial charge in [0.2, 0.25) is 0 Å². The summed E-state index contributed by atoms with van der Waals surface area (Å²) in [6.45, 7) is 3.01. The van der Waals surface area contributed by atoms with Gasteiger partial charge in [-0.15, -0.1) is 0 Å². The molecule has 2 heterocycles. The van der Waals surface area contributed by atoms with Crippen LogP contribution in [0.4, 0.5) is 0 Å². The van der Waals surface area contributed by atoms with Crippen LogP contribution >= 0.6 is 0 Å². The number of nitrogens with zero attached hydrogens (tertiary/aromatic N) is 3. The molecule has 1 aromatic heterocycles. The van der Waals surface area contributed by atoms with Crippen LogP contribution in [0.25, 0.3) is 0 Å². The van der Waals surface area contributed by atoms with Crippen LogP contribution in [-0.4, -0.2) is 58.3 Å². The van der Waals surface area contributed by atoms with Gasteiger partial charge in [-0.1, -0.05) is 49.6 Å². The second-order valence-electron chi connectivity index (χ2n) is 10.1. The fourth-order valence-corrected chi connectivity index (χ4v) is 5.56. The number of benzene rings is 1. The molecule has 0 radical (unpaired) electrons. The molecule has 33 heavy (non-hydrogen) atoms. The van der Waals surface area contributed by atoms with E-state index in [4.69, 9.17) is 4.74 Å². The maximum absolute atomic E-state index is 13.4. The Morgan fingerprint density at radius 2 is 1.70 bits per heavy atom. The Bertz CT molecular complexity index is 878. The van der Waals surface area contributed by atoms with E-state index in [0.717, 1.165) is 81.3 Å². The van der Waals surface area contributed by atoms with Crippen molar-refractivity contribution in [2.24, 2.45) is 5.92 Å². The summed E-state index contributed by atoms with van der Waals surface area (Å²) in [6, 6.07) is 11.3. The molecular formula is C27H38N3O3+. The summed E-state index contributed by atoms with van der Waals surface area (Å²) in [5, 5.41) is 11.7. The predicted octanol–water partition coefficient (Wildman–Crippen LogP) is 4.03. The van der Waals surface area contributed by atoms with Gasteiger partial charge in [0, 0.05) is 44.0 Å². The average molecular weight is 453 g/mol. The molecule has 1 aliphatic carbocycles. The summed E-state index contributed by atoms with van der Waals surface area (Å²) in [5.41, 5.74) is -0.881. The van der Waals surface area contributed by atoms with Gasteiger partial charge in [-0.05, 0) is 24.5 Å². The fraction of sp³-hybridized carbons (Fsp3) is 0.593. The van der Waals surface area contributed by atoms with Gasteiger partial charge in [-0.3, -0.25) is 0 Å². The van der Waals surface area contributed by atoms with E-state index in [9.17, 15) is 9.90 Å². The Labute approximate surface area is 197 Å². The summed E-state index contributed by atoms with van der Waals surface area (Å²) in [6.07, 6.45) is 12.1. The number of hydrogen-bond acceptors (Lipinski definition) is 5. The first kappa shape index (κ1) is 23.8. The lowest BCUT2D eigenvalue weighted by molar-refractivity contribution is -0.915.